The molecule has 1 aliphatic heterocycles. The molecule has 1 heterocycles. The predicted octanol–water partition coefficient (Wildman–Crippen LogP) is 1.15. The monoisotopic (exact) mass is 272 g/mol. The van der Waals surface area contributed by atoms with E-state index in [0.29, 0.717) is 17.3 Å². The van der Waals surface area contributed by atoms with E-state index >= 15 is 0 Å². The molecular weight excluding hydrogens is 256 g/mol. The van der Waals surface area contributed by atoms with Gasteiger partial charge in [-0.05, 0) is 31.9 Å². The van der Waals surface area contributed by atoms with Gasteiger partial charge in [0.25, 0.3) is 11.7 Å². The topological polar surface area (TPSA) is 57.7 Å². The Morgan fingerprint density at radius 2 is 2.05 bits per heavy atom. The van der Waals surface area contributed by atoms with Crippen LogP contribution in [-0.4, -0.2) is 42.1 Å². The van der Waals surface area contributed by atoms with Gasteiger partial charge in [-0.1, -0.05) is 11.6 Å². The first-order valence-corrected chi connectivity index (χ1v) is 6.71. The lowest BCUT2D eigenvalue weighted by molar-refractivity contribution is -0.130. The molecular formula is C15H16N2O3. The smallest absolute Gasteiger partial charge is 0.299 e. The van der Waals surface area contributed by atoms with Gasteiger partial charge in [0, 0.05) is 13.1 Å². The zero-order valence-corrected chi connectivity index (χ0v) is 11.5. The summed E-state index contributed by atoms with van der Waals surface area (Å²) in [4.78, 5) is 39.1. The molecule has 1 aromatic carbocycles. The summed E-state index contributed by atoms with van der Waals surface area (Å²) in [5.41, 5.74) is 1.87. The number of hydrogen-bond donors (Lipinski definition) is 0. The van der Waals surface area contributed by atoms with Crippen LogP contribution >= 0.6 is 0 Å². The number of aryl methyl sites for hydroxylation is 1. The Kier molecular flexibility index (Phi) is 2.85. The molecule has 0 radical (unpaired) electrons. The molecule has 104 valence electrons. The Balaban J connectivity index is 1.85. The molecule has 0 saturated heterocycles. The molecule has 5 heteroatoms. The molecule has 0 spiro atoms. The number of likely N-dealkylation sites (N-methyl/N-ethyl adjacent to an activating group) is 1. The first-order valence-electron chi connectivity index (χ1n) is 6.71. The minimum Gasteiger partial charge on any atom is -0.341 e. The molecule has 1 aliphatic carbocycles. The van der Waals surface area contributed by atoms with Gasteiger partial charge in [0.1, 0.15) is 6.54 Å². The summed E-state index contributed by atoms with van der Waals surface area (Å²) in [5.74, 6) is -1.25. The van der Waals surface area contributed by atoms with Crippen molar-refractivity contribution in [3.63, 3.8) is 0 Å². The van der Waals surface area contributed by atoms with Crippen LogP contribution in [0.1, 0.15) is 28.8 Å². The van der Waals surface area contributed by atoms with E-state index in [4.69, 9.17) is 0 Å². The number of carbonyl (C=O) groups is 3. The fourth-order valence-electron chi connectivity index (χ4n) is 2.48. The molecule has 0 bridgehead atoms. The zero-order chi connectivity index (χ0) is 14.4. The van der Waals surface area contributed by atoms with Crippen LogP contribution in [0.25, 0.3) is 0 Å². The fraction of sp³-hybridized carbons (Fsp3) is 0.400. The summed E-state index contributed by atoms with van der Waals surface area (Å²) in [6.45, 7) is 1.81. The van der Waals surface area contributed by atoms with Crippen molar-refractivity contribution < 1.29 is 14.4 Å². The van der Waals surface area contributed by atoms with Gasteiger partial charge in [-0.3, -0.25) is 19.3 Å². The molecule has 1 saturated carbocycles. The van der Waals surface area contributed by atoms with E-state index in [0.717, 1.165) is 18.4 Å². The van der Waals surface area contributed by atoms with Crippen molar-refractivity contribution in [3.8, 4) is 0 Å². The summed E-state index contributed by atoms with van der Waals surface area (Å²) in [6, 6.07) is 5.57. The largest absolute Gasteiger partial charge is 0.341 e. The van der Waals surface area contributed by atoms with Gasteiger partial charge in [-0.2, -0.15) is 0 Å². The van der Waals surface area contributed by atoms with Crippen molar-refractivity contribution >= 4 is 23.3 Å². The average molecular weight is 272 g/mol. The predicted molar refractivity (Wildman–Crippen MR) is 73.7 cm³/mol. The molecule has 0 atom stereocenters. The van der Waals surface area contributed by atoms with Crippen LogP contribution in [0, 0.1) is 6.92 Å². The number of benzene rings is 1. The standard InChI is InChI=1S/C15H16N2O3/c1-9-3-6-12-11(7-9)14(19)15(20)17(12)8-13(18)16(2)10-4-5-10/h3,6-7,10H,4-5,8H2,1-2H3. The average Bonchev–Trinajstić information content (AvgIpc) is 3.23. The molecule has 1 aromatic rings. The van der Waals surface area contributed by atoms with Gasteiger partial charge < -0.3 is 4.90 Å². The third kappa shape index (κ3) is 1.99. The van der Waals surface area contributed by atoms with Crippen LogP contribution in [0.15, 0.2) is 18.2 Å². The zero-order valence-electron chi connectivity index (χ0n) is 11.5. The Labute approximate surface area is 117 Å². The quantitative estimate of drug-likeness (QED) is 0.775. The minimum absolute atomic E-state index is 0.0619. The Bertz CT molecular complexity index is 620. The molecule has 2 amide bonds. The number of fused-ring (bicyclic) bond motifs is 1. The van der Waals surface area contributed by atoms with E-state index in [2.05, 4.69) is 0 Å². The van der Waals surface area contributed by atoms with E-state index in [1.54, 1.807) is 24.1 Å². The number of nitrogens with zero attached hydrogens (tertiary/aromatic N) is 2. The Hall–Kier alpha value is -2.17. The van der Waals surface area contributed by atoms with Crippen molar-refractivity contribution in [3.05, 3.63) is 29.3 Å². The lowest BCUT2D eigenvalue weighted by atomic mass is 10.1. The highest BCUT2D eigenvalue weighted by atomic mass is 16.2. The molecule has 1 fully saturated rings. The van der Waals surface area contributed by atoms with E-state index in [1.807, 2.05) is 13.0 Å². The van der Waals surface area contributed by atoms with Crippen molar-refractivity contribution in [1.82, 2.24) is 4.90 Å². The summed E-state index contributed by atoms with van der Waals surface area (Å²) < 4.78 is 0. The molecule has 0 N–H and O–H groups in total. The van der Waals surface area contributed by atoms with Crippen molar-refractivity contribution in [2.24, 2.45) is 0 Å². The fourth-order valence-corrected chi connectivity index (χ4v) is 2.48. The van der Waals surface area contributed by atoms with Crippen LogP contribution in [0.5, 0.6) is 0 Å². The lowest BCUT2D eigenvalue weighted by Gasteiger charge is -2.21. The number of ketones is 1. The van der Waals surface area contributed by atoms with Crippen LogP contribution in [0.2, 0.25) is 0 Å². The minimum atomic E-state index is -0.608. The summed E-state index contributed by atoms with van der Waals surface area (Å²) in [7, 11) is 1.75. The second kappa shape index (κ2) is 4.44. The molecule has 0 aromatic heterocycles. The Morgan fingerprint density at radius 3 is 2.70 bits per heavy atom. The van der Waals surface area contributed by atoms with Crippen LogP contribution in [-0.2, 0) is 9.59 Å². The third-order valence-electron chi connectivity index (χ3n) is 3.91. The number of carbonyl (C=O) groups excluding carboxylic acids is 3. The molecule has 3 rings (SSSR count). The summed E-state index contributed by atoms with van der Waals surface area (Å²) >= 11 is 0. The maximum Gasteiger partial charge on any atom is 0.299 e. The van der Waals surface area contributed by atoms with Crippen LogP contribution < -0.4 is 4.90 Å². The van der Waals surface area contributed by atoms with E-state index in [-0.39, 0.29) is 12.5 Å². The van der Waals surface area contributed by atoms with Gasteiger partial charge in [-0.15, -0.1) is 0 Å². The van der Waals surface area contributed by atoms with E-state index in [1.165, 1.54) is 4.90 Å². The van der Waals surface area contributed by atoms with Crippen LogP contribution in [0.3, 0.4) is 0 Å². The maximum absolute atomic E-state index is 12.1. The molecule has 20 heavy (non-hydrogen) atoms. The number of Topliss-reactive ketones (excluding diaryl/α,β-unsaturated/α-hetero) is 1. The third-order valence-corrected chi connectivity index (χ3v) is 3.91. The SMILES string of the molecule is Cc1ccc2c(c1)C(=O)C(=O)N2CC(=O)N(C)C1CC1. The summed E-state index contributed by atoms with van der Waals surface area (Å²) in [6.07, 6.45) is 2.04. The van der Waals surface area contributed by atoms with Crippen LogP contribution in [0.4, 0.5) is 5.69 Å². The maximum atomic E-state index is 12.1. The molecule has 2 aliphatic rings. The molecule has 5 nitrogen and oxygen atoms in total. The van der Waals surface area contributed by atoms with E-state index < -0.39 is 11.7 Å². The first-order chi connectivity index (χ1) is 9.49. The molecule has 0 unspecified atom stereocenters. The van der Waals surface area contributed by atoms with Gasteiger partial charge in [0.2, 0.25) is 5.91 Å². The van der Waals surface area contributed by atoms with Crippen molar-refractivity contribution in [1.29, 1.82) is 0 Å². The summed E-state index contributed by atoms with van der Waals surface area (Å²) in [5, 5.41) is 0. The number of amides is 2. The number of hydrogen-bond acceptors (Lipinski definition) is 3. The van der Waals surface area contributed by atoms with Gasteiger partial charge >= 0.3 is 0 Å². The highest BCUT2D eigenvalue weighted by Gasteiger charge is 2.38. The Morgan fingerprint density at radius 1 is 1.35 bits per heavy atom. The normalized spacial score (nSPS) is 17.4. The van der Waals surface area contributed by atoms with Gasteiger partial charge in [-0.25, -0.2) is 0 Å². The number of anilines is 1. The van der Waals surface area contributed by atoms with Gasteiger partial charge in [0.05, 0.1) is 11.3 Å². The van der Waals surface area contributed by atoms with Crippen molar-refractivity contribution in [2.45, 2.75) is 25.8 Å². The second-order valence-corrected chi connectivity index (χ2v) is 5.48. The highest BCUT2D eigenvalue weighted by Crippen LogP contribution is 2.30. The first kappa shape index (κ1) is 12.8. The lowest BCUT2D eigenvalue weighted by Crippen LogP contribution is -2.41. The second-order valence-electron chi connectivity index (χ2n) is 5.48. The van der Waals surface area contributed by atoms with E-state index in [9.17, 15) is 14.4 Å². The highest BCUT2D eigenvalue weighted by molar-refractivity contribution is 6.52. The van der Waals surface area contributed by atoms with Crippen molar-refractivity contribution in [2.75, 3.05) is 18.5 Å². The number of rotatable bonds is 3. The van der Waals surface area contributed by atoms with Gasteiger partial charge in [0.15, 0.2) is 0 Å².